The molecule has 6 heteroatoms. The molecule has 0 bridgehead atoms. The van der Waals surface area contributed by atoms with Crippen molar-refractivity contribution < 1.29 is 9.31 Å². The number of nitrogens with zero attached hydrogens (tertiary/aromatic N) is 2. The average Bonchev–Trinajstić information content (AvgIpc) is 2.30. The van der Waals surface area contributed by atoms with E-state index < -0.39 is 10.7 Å². The second-order valence-corrected chi connectivity index (χ2v) is 3.74. The number of nitro groups is 1. The van der Waals surface area contributed by atoms with Crippen molar-refractivity contribution in [2.75, 3.05) is 32.0 Å². The van der Waals surface area contributed by atoms with Gasteiger partial charge in [-0.05, 0) is 25.7 Å². The Hall–Kier alpha value is -1.69. The first-order chi connectivity index (χ1) is 8.04. The molecule has 0 spiro atoms. The van der Waals surface area contributed by atoms with Crippen molar-refractivity contribution in [3.8, 4) is 0 Å². The van der Waals surface area contributed by atoms with Gasteiger partial charge in [-0.1, -0.05) is 6.92 Å². The average molecular weight is 241 g/mol. The maximum atomic E-state index is 12.9. The van der Waals surface area contributed by atoms with Crippen LogP contribution in [0.15, 0.2) is 18.2 Å². The molecule has 0 atom stereocenters. The van der Waals surface area contributed by atoms with E-state index in [2.05, 4.69) is 10.2 Å². The highest BCUT2D eigenvalue weighted by Crippen LogP contribution is 2.24. The van der Waals surface area contributed by atoms with Crippen molar-refractivity contribution in [3.05, 3.63) is 34.1 Å². The van der Waals surface area contributed by atoms with Crippen LogP contribution in [-0.4, -0.2) is 36.5 Å². The normalized spacial score (nSPS) is 10.6. The fourth-order valence-electron chi connectivity index (χ4n) is 1.34. The molecule has 0 aromatic heterocycles. The zero-order valence-corrected chi connectivity index (χ0v) is 9.94. The van der Waals surface area contributed by atoms with Gasteiger partial charge in [0.15, 0.2) is 0 Å². The first kappa shape index (κ1) is 13.4. The first-order valence-corrected chi connectivity index (χ1v) is 5.41. The molecule has 5 nitrogen and oxygen atoms in total. The zero-order valence-electron chi connectivity index (χ0n) is 9.94. The van der Waals surface area contributed by atoms with Gasteiger partial charge < -0.3 is 10.2 Å². The summed E-state index contributed by atoms with van der Waals surface area (Å²) in [7, 11) is 1.96. The quantitative estimate of drug-likeness (QED) is 0.612. The molecule has 1 aromatic carbocycles. The largest absolute Gasteiger partial charge is 0.378 e. The number of rotatable bonds is 6. The fraction of sp³-hybridized carbons (Fsp3) is 0.455. The number of likely N-dealkylation sites (N-methyl/N-ethyl adjacent to an activating group) is 1. The van der Waals surface area contributed by atoms with Gasteiger partial charge in [0.25, 0.3) is 5.69 Å². The molecular formula is C11H16FN3O2. The molecule has 0 radical (unpaired) electrons. The molecule has 17 heavy (non-hydrogen) atoms. The Labute approximate surface area is 99.4 Å². The van der Waals surface area contributed by atoms with Gasteiger partial charge in [-0.15, -0.1) is 0 Å². The lowest BCUT2D eigenvalue weighted by Gasteiger charge is -2.14. The summed E-state index contributed by atoms with van der Waals surface area (Å²) in [6.45, 7) is 4.29. The molecule has 0 heterocycles. The lowest BCUT2D eigenvalue weighted by atomic mass is 10.2. The Bertz CT molecular complexity index is 398. The number of anilines is 1. The minimum absolute atomic E-state index is 0.232. The number of nitrogens with one attached hydrogen (secondary N) is 1. The maximum absolute atomic E-state index is 12.9. The maximum Gasteiger partial charge on any atom is 0.295 e. The van der Waals surface area contributed by atoms with Crippen LogP contribution in [0.25, 0.3) is 0 Å². The van der Waals surface area contributed by atoms with E-state index in [9.17, 15) is 14.5 Å². The Morgan fingerprint density at radius 2 is 2.24 bits per heavy atom. The van der Waals surface area contributed by atoms with Crippen molar-refractivity contribution in [2.45, 2.75) is 6.92 Å². The van der Waals surface area contributed by atoms with E-state index in [0.717, 1.165) is 19.2 Å². The van der Waals surface area contributed by atoms with Crippen LogP contribution in [0.1, 0.15) is 6.92 Å². The minimum Gasteiger partial charge on any atom is -0.378 e. The third kappa shape index (κ3) is 3.99. The predicted molar refractivity (Wildman–Crippen MR) is 64.7 cm³/mol. The van der Waals surface area contributed by atoms with Crippen molar-refractivity contribution >= 4 is 11.4 Å². The predicted octanol–water partition coefficient (Wildman–Crippen LogP) is 2.10. The summed E-state index contributed by atoms with van der Waals surface area (Å²) in [4.78, 5) is 12.2. The Balaban J connectivity index is 2.67. The molecule has 94 valence electrons. The van der Waals surface area contributed by atoms with Gasteiger partial charge in [0.1, 0.15) is 11.5 Å². The van der Waals surface area contributed by atoms with E-state index >= 15 is 0 Å². The van der Waals surface area contributed by atoms with Crippen LogP contribution >= 0.6 is 0 Å². The number of hydrogen-bond donors (Lipinski definition) is 1. The van der Waals surface area contributed by atoms with Crippen LogP contribution in [0.5, 0.6) is 0 Å². The third-order valence-corrected chi connectivity index (χ3v) is 2.51. The lowest BCUT2D eigenvalue weighted by Crippen LogP contribution is -2.24. The molecule has 0 amide bonds. The summed E-state index contributed by atoms with van der Waals surface area (Å²) in [5, 5.41) is 13.7. The Morgan fingerprint density at radius 1 is 1.53 bits per heavy atom. The van der Waals surface area contributed by atoms with E-state index in [1.54, 1.807) is 0 Å². The molecule has 0 unspecified atom stereocenters. The molecule has 0 saturated heterocycles. The van der Waals surface area contributed by atoms with E-state index in [4.69, 9.17) is 0 Å². The summed E-state index contributed by atoms with van der Waals surface area (Å²) in [6, 6.07) is 3.52. The molecule has 1 aromatic rings. The fourth-order valence-corrected chi connectivity index (χ4v) is 1.34. The Kier molecular flexibility index (Phi) is 4.84. The van der Waals surface area contributed by atoms with Crippen LogP contribution in [-0.2, 0) is 0 Å². The van der Waals surface area contributed by atoms with Crippen molar-refractivity contribution in [2.24, 2.45) is 0 Å². The van der Waals surface area contributed by atoms with E-state index in [1.165, 1.54) is 12.1 Å². The summed E-state index contributed by atoms with van der Waals surface area (Å²) in [6.07, 6.45) is 0. The number of benzene rings is 1. The highest BCUT2D eigenvalue weighted by molar-refractivity contribution is 5.61. The van der Waals surface area contributed by atoms with Gasteiger partial charge in [-0.3, -0.25) is 10.1 Å². The zero-order chi connectivity index (χ0) is 12.8. The second kappa shape index (κ2) is 6.15. The van der Waals surface area contributed by atoms with Crippen molar-refractivity contribution in [3.63, 3.8) is 0 Å². The Morgan fingerprint density at radius 3 is 2.82 bits per heavy atom. The highest BCUT2D eigenvalue weighted by atomic mass is 19.1. The summed E-state index contributed by atoms with van der Waals surface area (Å²) in [5.41, 5.74) is 0.116. The summed E-state index contributed by atoms with van der Waals surface area (Å²) >= 11 is 0. The molecule has 1 rings (SSSR count). The standard InChI is InChI=1S/C11H16FN3O2/c1-3-14(2)7-6-13-10-5-4-9(12)8-11(10)15(16)17/h4-5,8,13H,3,6-7H2,1-2H3. The number of halogens is 1. The molecule has 0 aliphatic carbocycles. The lowest BCUT2D eigenvalue weighted by molar-refractivity contribution is -0.384. The SMILES string of the molecule is CCN(C)CCNc1ccc(F)cc1[N+](=O)[O-]. The monoisotopic (exact) mass is 241 g/mol. The van der Waals surface area contributed by atoms with Crippen LogP contribution in [0, 0.1) is 15.9 Å². The molecule has 0 saturated carbocycles. The summed E-state index contributed by atoms with van der Waals surface area (Å²) in [5.74, 6) is -0.604. The van der Waals surface area contributed by atoms with Crippen molar-refractivity contribution in [1.29, 1.82) is 0 Å². The minimum atomic E-state index is -0.604. The van der Waals surface area contributed by atoms with E-state index in [0.29, 0.717) is 12.2 Å². The summed E-state index contributed by atoms with van der Waals surface area (Å²) < 4.78 is 12.9. The highest BCUT2D eigenvalue weighted by Gasteiger charge is 2.14. The van der Waals surface area contributed by atoms with Crippen LogP contribution in [0.3, 0.4) is 0 Å². The second-order valence-electron chi connectivity index (χ2n) is 3.74. The first-order valence-electron chi connectivity index (χ1n) is 5.41. The molecular weight excluding hydrogens is 225 g/mol. The topological polar surface area (TPSA) is 58.4 Å². The van der Waals surface area contributed by atoms with Gasteiger partial charge in [-0.2, -0.15) is 0 Å². The molecule has 0 aliphatic rings. The van der Waals surface area contributed by atoms with E-state index in [-0.39, 0.29) is 5.69 Å². The number of hydrogen-bond acceptors (Lipinski definition) is 4. The smallest absolute Gasteiger partial charge is 0.295 e. The molecule has 0 fully saturated rings. The molecule has 1 N–H and O–H groups in total. The van der Waals surface area contributed by atoms with Crippen LogP contribution in [0.2, 0.25) is 0 Å². The van der Waals surface area contributed by atoms with Gasteiger partial charge in [0, 0.05) is 13.1 Å². The van der Waals surface area contributed by atoms with Crippen molar-refractivity contribution in [1.82, 2.24) is 4.90 Å². The van der Waals surface area contributed by atoms with E-state index in [1.807, 2.05) is 14.0 Å². The van der Waals surface area contributed by atoms with Gasteiger partial charge in [-0.25, -0.2) is 4.39 Å². The third-order valence-electron chi connectivity index (χ3n) is 2.51. The van der Waals surface area contributed by atoms with Gasteiger partial charge >= 0.3 is 0 Å². The van der Waals surface area contributed by atoms with Gasteiger partial charge in [0.05, 0.1) is 11.0 Å². The molecule has 0 aliphatic heterocycles. The van der Waals surface area contributed by atoms with Crippen LogP contribution < -0.4 is 5.32 Å². The number of nitro benzene ring substituents is 1. The van der Waals surface area contributed by atoms with Gasteiger partial charge in [0.2, 0.25) is 0 Å². The van der Waals surface area contributed by atoms with Crippen LogP contribution in [0.4, 0.5) is 15.8 Å².